The largest absolute Gasteiger partial charge is 0.449 e. The summed E-state index contributed by atoms with van der Waals surface area (Å²) >= 11 is 0. The first-order chi connectivity index (χ1) is 8.29. The van der Waals surface area contributed by atoms with Gasteiger partial charge >= 0.3 is 6.09 Å². The molecule has 0 fully saturated rings. The van der Waals surface area contributed by atoms with Gasteiger partial charge in [0, 0.05) is 25.4 Å². The van der Waals surface area contributed by atoms with Crippen molar-refractivity contribution in [3.8, 4) is 0 Å². The van der Waals surface area contributed by atoms with Crippen LogP contribution in [0.3, 0.4) is 0 Å². The van der Waals surface area contributed by atoms with E-state index in [1.165, 1.54) is 18.2 Å². The van der Waals surface area contributed by atoms with Crippen molar-refractivity contribution >= 4 is 6.09 Å². The van der Waals surface area contributed by atoms with Gasteiger partial charge in [0.25, 0.3) is 0 Å². The second kappa shape index (κ2) is 5.63. The number of methoxy groups -OCH3 is 1. The van der Waals surface area contributed by atoms with E-state index in [1.54, 1.807) is 6.20 Å². The Morgan fingerprint density at radius 2 is 2.35 bits per heavy atom. The molecule has 0 saturated carbocycles. The van der Waals surface area contributed by atoms with Crippen LogP contribution in [0.15, 0.2) is 18.5 Å². The van der Waals surface area contributed by atoms with Gasteiger partial charge in [-0.3, -0.25) is 10.3 Å². The first kappa shape index (κ1) is 11.9. The second-order valence-electron chi connectivity index (χ2n) is 4.13. The molecule has 1 aromatic heterocycles. The van der Waals surface area contributed by atoms with Crippen LogP contribution in [-0.4, -0.2) is 31.5 Å². The van der Waals surface area contributed by atoms with Crippen molar-refractivity contribution in [2.75, 3.05) is 20.4 Å². The summed E-state index contributed by atoms with van der Waals surface area (Å²) < 4.78 is 9.82. The van der Waals surface area contributed by atoms with Crippen LogP contribution >= 0.6 is 0 Å². The highest BCUT2D eigenvalue weighted by Gasteiger charge is 2.22. The SMILES string of the molecule is COCNC(=O)OCC1Cc2ccncc2C1. The highest BCUT2D eigenvalue weighted by molar-refractivity contribution is 5.66. The van der Waals surface area contributed by atoms with Crippen molar-refractivity contribution in [2.24, 2.45) is 5.92 Å². The summed E-state index contributed by atoms with van der Waals surface area (Å²) in [4.78, 5) is 15.3. The lowest BCUT2D eigenvalue weighted by Crippen LogP contribution is -2.28. The molecule has 17 heavy (non-hydrogen) atoms. The van der Waals surface area contributed by atoms with Crippen LogP contribution in [0.5, 0.6) is 0 Å². The fraction of sp³-hybridized carbons (Fsp3) is 0.500. The molecule has 0 spiro atoms. The molecule has 0 bridgehead atoms. The number of amides is 1. The van der Waals surface area contributed by atoms with Crippen molar-refractivity contribution < 1.29 is 14.3 Å². The predicted molar refractivity (Wildman–Crippen MR) is 61.5 cm³/mol. The summed E-state index contributed by atoms with van der Waals surface area (Å²) in [5.74, 6) is 0.363. The van der Waals surface area contributed by atoms with Crippen molar-refractivity contribution in [3.63, 3.8) is 0 Å². The summed E-state index contributed by atoms with van der Waals surface area (Å²) in [6.45, 7) is 0.609. The highest BCUT2D eigenvalue weighted by atomic mass is 16.6. The maximum absolute atomic E-state index is 11.2. The Morgan fingerprint density at radius 3 is 3.12 bits per heavy atom. The van der Waals surface area contributed by atoms with E-state index in [2.05, 4.69) is 10.3 Å². The van der Waals surface area contributed by atoms with E-state index in [4.69, 9.17) is 9.47 Å². The van der Waals surface area contributed by atoms with Crippen molar-refractivity contribution in [3.05, 3.63) is 29.6 Å². The third-order valence-corrected chi connectivity index (χ3v) is 2.83. The molecule has 0 saturated heterocycles. The van der Waals surface area contributed by atoms with Gasteiger partial charge in [-0.25, -0.2) is 4.79 Å². The highest BCUT2D eigenvalue weighted by Crippen LogP contribution is 2.25. The molecule has 1 atom stereocenters. The number of aromatic nitrogens is 1. The normalized spacial score (nSPS) is 17.6. The zero-order chi connectivity index (χ0) is 12.1. The van der Waals surface area contributed by atoms with Gasteiger partial charge in [-0.05, 0) is 30.0 Å². The van der Waals surface area contributed by atoms with Gasteiger partial charge in [0.2, 0.25) is 0 Å². The lowest BCUT2D eigenvalue weighted by molar-refractivity contribution is 0.108. The van der Waals surface area contributed by atoms with Gasteiger partial charge in [0.1, 0.15) is 6.73 Å². The fourth-order valence-corrected chi connectivity index (χ4v) is 2.03. The average Bonchev–Trinajstić information content (AvgIpc) is 2.76. The number of nitrogens with zero attached hydrogens (tertiary/aromatic N) is 1. The Kier molecular flexibility index (Phi) is 3.93. The molecule has 1 aromatic rings. The molecule has 5 nitrogen and oxygen atoms in total. The number of carbonyl (C=O) groups excluding carboxylic acids is 1. The van der Waals surface area contributed by atoms with Crippen molar-refractivity contribution in [2.45, 2.75) is 12.8 Å². The Balaban J connectivity index is 1.75. The smallest absolute Gasteiger partial charge is 0.408 e. The maximum atomic E-state index is 11.2. The fourth-order valence-electron chi connectivity index (χ4n) is 2.03. The number of carbonyl (C=O) groups is 1. The third kappa shape index (κ3) is 3.17. The molecule has 0 radical (unpaired) electrons. The molecule has 1 aliphatic carbocycles. The van der Waals surface area contributed by atoms with E-state index in [1.807, 2.05) is 12.3 Å². The van der Waals surface area contributed by atoms with E-state index in [-0.39, 0.29) is 6.73 Å². The maximum Gasteiger partial charge on any atom is 0.408 e. The van der Waals surface area contributed by atoms with Crippen LogP contribution in [0.25, 0.3) is 0 Å². The first-order valence-corrected chi connectivity index (χ1v) is 5.61. The van der Waals surface area contributed by atoms with E-state index in [0.29, 0.717) is 12.5 Å². The van der Waals surface area contributed by atoms with Gasteiger partial charge in [0.15, 0.2) is 0 Å². The van der Waals surface area contributed by atoms with E-state index in [9.17, 15) is 4.79 Å². The molecule has 1 unspecified atom stereocenters. The van der Waals surface area contributed by atoms with Gasteiger partial charge in [-0.1, -0.05) is 0 Å². The number of hydrogen-bond donors (Lipinski definition) is 1. The number of ether oxygens (including phenoxy) is 2. The molecule has 1 aliphatic rings. The predicted octanol–water partition coefficient (Wildman–Crippen LogP) is 1.13. The van der Waals surface area contributed by atoms with Gasteiger partial charge in [-0.2, -0.15) is 0 Å². The number of rotatable bonds is 4. The van der Waals surface area contributed by atoms with Crippen LogP contribution in [0.1, 0.15) is 11.1 Å². The average molecular weight is 236 g/mol. The Bertz CT molecular complexity index is 370. The van der Waals surface area contributed by atoms with E-state index in [0.717, 1.165) is 12.8 Å². The summed E-state index contributed by atoms with van der Waals surface area (Å²) in [6.07, 6.45) is 5.14. The molecule has 1 amide bonds. The van der Waals surface area contributed by atoms with E-state index >= 15 is 0 Å². The quantitative estimate of drug-likeness (QED) is 0.796. The molecule has 1 N–H and O–H groups in total. The molecule has 5 heteroatoms. The molecule has 1 heterocycles. The number of hydrogen-bond acceptors (Lipinski definition) is 4. The standard InChI is InChI=1S/C12H16N2O3/c1-16-8-14-12(15)17-7-9-4-10-2-3-13-6-11(10)5-9/h2-3,6,9H,4-5,7-8H2,1H3,(H,14,15). The topological polar surface area (TPSA) is 60.5 Å². The summed E-state index contributed by atoms with van der Waals surface area (Å²) in [5, 5.41) is 2.48. The number of alkyl carbamates (subject to hydrolysis) is 1. The van der Waals surface area contributed by atoms with Crippen molar-refractivity contribution in [1.29, 1.82) is 0 Å². The second-order valence-corrected chi connectivity index (χ2v) is 4.13. The van der Waals surface area contributed by atoms with Crippen LogP contribution in [0, 0.1) is 5.92 Å². The molecule has 0 aromatic carbocycles. The minimum atomic E-state index is -0.430. The van der Waals surface area contributed by atoms with Gasteiger partial charge in [0.05, 0.1) is 6.61 Å². The number of pyridine rings is 1. The van der Waals surface area contributed by atoms with Gasteiger partial charge < -0.3 is 9.47 Å². The lowest BCUT2D eigenvalue weighted by atomic mass is 10.1. The molecular formula is C12H16N2O3. The summed E-state index contributed by atoms with van der Waals surface area (Å²) in [7, 11) is 1.51. The molecular weight excluding hydrogens is 220 g/mol. The Hall–Kier alpha value is -1.62. The Labute approximate surface area is 100 Å². The Morgan fingerprint density at radius 1 is 1.53 bits per heavy atom. The first-order valence-electron chi connectivity index (χ1n) is 5.61. The monoisotopic (exact) mass is 236 g/mol. The van der Waals surface area contributed by atoms with Crippen molar-refractivity contribution in [1.82, 2.24) is 10.3 Å². The molecule has 0 aliphatic heterocycles. The van der Waals surface area contributed by atoms with Gasteiger partial charge in [-0.15, -0.1) is 0 Å². The zero-order valence-corrected chi connectivity index (χ0v) is 9.81. The molecule has 92 valence electrons. The third-order valence-electron chi connectivity index (χ3n) is 2.83. The van der Waals surface area contributed by atoms with E-state index < -0.39 is 6.09 Å². The van der Waals surface area contributed by atoms with Crippen LogP contribution in [0.4, 0.5) is 4.79 Å². The summed E-state index contributed by atoms with van der Waals surface area (Å²) in [5.41, 5.74) is 2.57. The minimum absolute atomic E-state index is 0.174. The van der Waals surface area contributed by atoms with Crippen LogP contribution in [0.2, 0.25) is 0 Å². The summed E-state index contributed by atoms with van der Waals surface area (Å²) in [6, 6.07) is 2.03. The molecule has 2 rings (SSSR count). The van der Waals surface area contributed by atoms with Crippen LogP contribution < -0.4 is 5.32 Å². The number of fused-ring (bicyclic) bond motifs is 1. The van der Waals surface area contributed by atoms with Crippen LogP contribution in [-0.2, 0) is 22.3 Å². The number of nitrogens with one attached hydrogen (secondary N) is 1. The lowest BCUT2D eigenvalue weighted by Gasteiger charge is -2.10. The minimum Gasteiger partial charge on any atom is -0.449 e. The zero-order valence-electron chi connectivity index (χ0n) is 9.81.